The molecule has 0 aliphatic carbocycles. The van der Waals surface area contributed by atoms with Gasteiger partial charge in [0.2, 0.25) is 5.89 Å². The van der Waals surface area contributed by atoms with E-state index >= 15 is 0 Å². The highest BCUT2D eigenvalue weighted by molar-refractivity contribution is 7.99. The molecule has 20 heavy (non-hydrogen) atoms. The number of hydrogen-bond donors (Lipinski definition) is 1. The molecule has 1 aromatic heterocycles. The van der Waals surface area contributed by atoms with E-state index in [2.05, 4.69) is 29.4 Å². The van der Waals surface area contributed by atoms with E-state index in [0.29, 0.717) is 11.1 Å². The van der Waals surface area contributed by atoms with Crippen molar-refractivity contribution in [1.29, 1.82) is 0 Å². The third-order valence-corrected chi connectivity index (χ3v) is 3.81. The lowest BCUT2D eigenvalue weighted by Crippen LogP contribution is -2.19. The maximum Gasteiger partial charge on any atom is 0.281 e. The largest absolute Gasteiger partial charge is 0.496 e. The van der Waals surface area contributed by atoms with Crippen molar-refractivity contribution in [2.24, 2.45) is 0 Å². The maximum atomic E-state index is 5.48. The first-order valence-corrected chi connectivity index (χ1v) is 7.35. The van der Waals surface area contributed by atoms with Crippen LogP contribution in [-0.2, 0) is 0 Å². The second-order valence-electron chi connectivity index (χ2n) is 4.34. The van der Waals surface area contributed by atoms with Crippen molar-refractivity contribution < 1.29 is 9.15 Å². The molecule has 2 rings (SSSR count). The third-order valence-electron chi connectivity index (χ3n) is 2.89. The van der Waals surface area contributed by atoms with Crippen molar-refractivity contribution in [3.05, 3.63) is 29.7 Å². The summed E-state index contributed by atoms with van der Waals surface area (Å²) >= 11 is 1.46. The Morgan fingerprint density at radius 2 is 2.20 bits per heavy atom. The van der Waals surface area contributed by atoms with Gasteiger partial charge in [0.1, 0.15) is 5.75 Å². The van der Waals surface area contributed by atoms with Crippen LogP contribution in [0, 0.1) is 6.92 Å². The van der Waals surface area contributed by atoms with Gasteiger partial charge in [-0.2, -0.15) is 0 Å². The highest BCUT2D eigenvalue weighted by Crippen LogP contribution is 2.37. The van der Waals surface area contributed by atoms with E-state index < -0.39 is 0 Å². The van der Waals surface area contributed by atoms with Gasteiger partial charge in [-0.1, -0.05) is 13.0 Å². The molecular weight excluding hydrogens is 274 g/mol. The Balaban J connectivity index is 2.35. The van der Waals surface area contributed by atoms with E-state index in [9.17, 15) is 0 Å². The van der Waals surface area contributed by atoms with Gasteiger partial charge >= 0.3 is 0 Å². The minimum Gasteiger partial charge on any atom is -0.496 e. The molecular formula is C14H19N3O2S. The fraction of sp³-hybridized carbons (Fsp3) is 0.429. The summed E-state index contributed by atoms with van der Waals surface area (Å²) in [6.07, 6.45) is 0. The summed E-state index contributed by atoms with van der Waals surface area (Å²) in [7, 11) is 1.68. The minimum absolute atomic E-state index is 0.183. The number of nitrogens with zero attached hydrogens (tertiary/aromatic N) is 2. The van der Waals surface area contributed by atoms with Gasteiger partial charge in [-0.15, -0.1) is 10.2 Å². The SMILES string of the molecule is CCNC(C)c1c(OC)cccc1Sc1nnc(C)o1. The molecule has 0 saturated heterocycles. The summed E-state index contributed by atoms with van der Waals surface area (Å²) in [5.74, 6) is 1.43. The van der Waals surface area contributed by atoms with Gasteiger partial charge in [-0.05, 0) is 37.4 Å². The second kappa shape index (κ2) is 6.76. The van der Waals surface area contributed by atoms with Gasteiger partial charge in [0, 0.05) is 23.4 Å². The molecule has 108 valence electrons. The Kier molecular flexibility index (Phi) is 5.03. The minimum atomic E-state index is 0.183. The summed E-state index contributed by atoms with van der Waals surface area (Å²) in [4.78, 5) is 1.06. The van der Waals surface area contributed by atoms with Crippen molar-refractivity contribution in [2.75, 3.05) is 13.7 Å². The molecule has 0 aliphatic rings. The highest BCUT2D eigenvalue weighted by Gasteiger charge is 2.18. The topological polar surface area (TPSA) is 60.2 Å². The Bertz CT molecular complexity index is 571. The van der Waals surface area contributed by atoms with Crippen LogP contribution in [0.5, 0.6) is 5.75 Å². The molecule has 2 aromatic rings. The van der Waals surface area contributed by atoms with Crippen LogP contribution in [0.1, 0.15) is 31.3 Å². The summed E-state index contributed by atoms with van der Waals surface area (Å²) in [5, 5.41) is 11.8. The van der Waals surface area contributed by atoms with Crippen molar-refractivity contribution >= 4 is 11.8 Å². The molecule has 1 heterocycles. The number of rotatable bonds is 6. The Hall–Kier alpha value is -1.53. The van der Waals surface area contributed by atoms with E-state index in [1.165, 1.54) is 11.8 Å². The van der Waals surface area contributed by atoms with E-state index in [0.717, 1.165) is 22.8 Å². The van der Waals surface area contributed by atoms with Crippen LogP contribution in [0.25, 0.3) is 0 Å². The van der Waals surface area contributed by atoms with Crippen molar-refractivity contribution in [2.45, 2.75) is 36.9 Å². The Labute approximate surface area is 123 Å². The molecule has 0 fully saturated rings. The van der Waals surface area contributed by atoms with Gasteiger partial charge in [-0.3, -0.25) is 0 Å². The highest BCUT2D eigenvalue weighted by atomic mass is 32.2. The van der Waals surface area contributed by atoms with Crippen LogP contribution < -0.4 is 10.1 Å². The standard InChI is InChI=1S/C14H19N3O2S/c1-5-15-9(2)13-11(18-4)7-6-8-12(13)20-14-17-16-10(3)19-14/h6-9,15H,5H2,1-4H3. The predicted molar refractivity (Wildman–Crippen MR) is 78.2 cm³/mol. The molecule has 1 unspecified atom stereocenters. The number of benzene rings is 1. The van der Waals surface area contributed by atoms with Crippen LogP contribution in [0.4, 0.5) is 0 Å². The molecule has 0 spiro atoms. The summed E-state index contributed by atoms with van der Waals surface area (Å²) in [5.41, 5.74) is 1.11. The number of hydrogen-bond acceptors (Lipinski definition) is 6. The summed E-state index contributed by atoms with van der Waals surface area (Å²) in [6, 6.07) is 6.15. The van der Waals surface area contributed by atoms with Crippen LogP contribution >= 0.6 is 11.8 Å². The molecule has 1 N–H and O–H groups in total. The fourth-order valence-corrected chi connectivity index (χ4v) is 3.01. The quantitative estimate of drug-likeness (QED) is 0.882. The van der Waals surface area contributed by atoms with Crippen LogP contribution in [0.15, 0.2) is 32.7 Å². The number of aryl methyl sites for hydroxylation is 1. The lowest BCUT2D eigenvalue weighted by Gasteiger charge is -2.19. The number of nitrogens with one attached hydrogen (secondary N) is 1. The molecule has 1 aromatic carbocycles. The molecule has 0 aliphatic heterocycles. The zero-order valence-corrected chi connectivity index (χ0v) is 13.0. The van der Waals surface area contributed by atoms with Crippen LogP contribution in [0.3, 0.4) is 0 Å². The van der Waals surface area contributed by atoms with Gasteiger partial charge in [0.05, 0.1) is 7.11 Å². The molecule has 1 atom stereocenters. The molecule has 0 amide bonds. The first-order chi connectivity index (χ1) is 9.65. The second-order valence-corrected chi connectivity index (χ2v) is 5.33. The van der Waals surface area contributed by atoms with Crippen LogP contribution in [0.2, 0.25) is 0 Å². The van der Waals surface area contributed by atoms with E-state index in [4.69, 9.17) is 9.15 Å². The van der Waals surface area contributed by atoms with Gasteiger partial charge in [-0.25, -0.2) is 0 Å². The lowest BCUT2D eigenvalue weighted by atomic mass is 10.1. The number of aromatic nitrogens is 2. The van der Waals surface area contributed by atoms with E-state index in [-0.39, 0.29) is 6.04 Å². The van der Waals surface area contributed by atoms with E-state index in [1.54, 1.807) is 14.0 Å². The monoisotopic (exact) mass is 293 g/mol. The van der Waals surface area contributed by atoms with Crippen LogP contribution in [-0.4, -0.2) is 23.9 Å². The average Bonchev–Trinajstić information content (AvgIpc) is 2.84. The van der Waals surface area contributed by atoms with Crippen molar-refractivity contribution in [1.82, 2.24) is 15.5 Å². The predicted octanol–water partition coefficient (Wildman–Crippen LogP) is 3.21. The Morgan fingerprint density at radius 1 is 1.40 bits per heavy atom. The normalized spacial score (nSPS) is 12.4. The third kappa shape index (κ3) is 3.32. The van der Waals surface area contributed by atoms with Gasteiger partial charge in [0.15, 0.2) is 0 Å². The van der Waals surface area contributed by atoms with E-state index in [1.807, 2.05) is 18.2 Å². The van der Waals surface area contributed by atoms with Crippen molar-refractivity contribution in [3.8, 4) is 5.75 Å². The molecule has 0 saturated carbocycles. The smallest absolute Gasteiger partial charge is 0.281 e. The molecule has 0 bridgehead atoms. The van der Waals surface area contributed by atoms with Gasteiger partial charge < -0.3 is 14.5 Å². The number of methoxy groups -OCH3 is 1. The van der Waals surface area contributed by atoms with Crippen molar-refractivity contribution in [3.63, 3.8) is 0 Å². The first-order valence-electron chi connectivity index (χ1n) is 6.54. The average molecular weight is 293 g/mol. The molecule has 5 nitrogen and oxygen atoms in total. The lowest BCUT2D eigenvalue weighted by molar-refractivity contribution is 0.399. The molecule has 0 radical (unpaired) electrons. The Morgan fingerprint density at radius 3 is 2.80 bits per heavy atom. The molecule has 6 heteroatoms. The van der Waals surface area contributed by atoms with Gasteiger partial charge in [0.25, 0.3) is 5.22 Å². The summed E-state index contributed by atoms with van der Waals surface area (Å²) in [6.45, 7) is 6.87. The maximum absolute atomic E-state index is 5.48. The number of ether oxygens (including phenoxy) is 1. The fourth-order valence-electron chi connectivity index (χ4n) is 2.04. The summed E-state index contributed by atoms with van der Waals surface area (Å²) < 4.78 is 10.9. The zero-order chi connectivity index (χ0) is 14.5. The first kappa shape index (κ1) is 14.9. The zero-order valence-electron chi connectivity index (χ0n) is 12.1.